The van der Waals surface area contributed by atoms with Gasteiger partial charge in [0.15, 0.2) is 0 Å². The zero-order valence-corrected chi connectivity index (χ0v) is 10.9. The molecule has 3 heterocycles. The van der Waals surface area contributed by atoms with E-state index in [1.54, 1.807) is 12.4 Å². The zero-order chi connectivity index (χ0) is 12.8. The lowest BCUT2D eigenvalue weighted by molar-refractivity contribution is 0.0274. The molecule has 1 unspecified atom stereocenters. The van der Waals surface area contributed by atoms with Crippen molar-refractivity contribution in [3.05, 3.63) is 12.4 Å². The molecule has 2 aliphatic rings. The summed E-state index contributed by atoms with van der Waals surface area (Å²) in [5.74, 6) is 0. The Balaban J connectivity index is 1.74. The van der Waals surface area contributed by atoms with E-state index in [0.717, 1.165) is 32.5 Å². The molecule has 1 aromatic heterocycles. The van der Waals surface area contributed by atoms with E-state index >= 15 is 0 Å². The molecule has 0 saturated carbocycles. The lowest BCUT2D eigenvalue weighted by atomic mass is 9.84. The van der Waals surface area contributed by atoms with Crippen molar-refractivity contribution in [2.75, 3.05) is 19.6 Å². The van der Waals surface area contributed by atoms with Crippen molar-refractivity contribution < 1.29 is 4.79 Å². The average molecular weight is 249 g/mol. The van der Waals surface area contributed by atoms with E-state index in [1.165, 1.54) is 4.68 Å². The standard InChI is InChI=1S/C12H19N5O/c1-10(2)15-6-3-12(9-15)4-7-16(12)11(18)17-8-5-13-14-17/h5,8,10H,3-4,6-7,9H2,1-2H3. The average Bonchev–Trinajstić information content (AvgIpc) is 2.98. The van der Waals surface area contributed by atoms with Crippen molar-refractivity contribution in [2.24, 2.45) is 0 Å². The predicted molar refractivity (Wildman–Crippen MR) is 66.2 cm³/mol. The molecule has 2 fully saturated rings. The van der Waals surface area contributed by atoms with E-state index in [0.29, 0.717) is 6.04 Å². The molecule has 98 valence electrons. The van der Waals surface area contributed by atoms with E-state index < -0.39 is 0 Å². The summed E-state index contributed by atoms with van der Waals surface area (Å²) in [6, 6.07) is 0.512. The summed E-state index contributed by atoms with van der Waals surface area (Å²) in [5, 5.41) is 7.49. The molecular weight excluding hydrogens is 230 g/mol. The lowest BCUT2D eigenvalue weighted by Crippen LogP contribution is -2.64. The fourth-order valence-electron chi connectivity index (χ4n) is 3.03. The van der Waals surface area contributed by atoms with Gasteiger partial charge in [-0.3, -0.25) is 4.90 Å². The number of nitrogens with zero attached hydrogens (tertiary/aromatic N) is 5. The third kappa shape index (κ3) is 1.63. The zero-order valence-electron chi connectivity index (χ0n) is 10.9. The van der Waals surface area contributed by atoms with Crippen LogP contribution in [0.2, 0.25) is 0 Å². The van der Waals surface area contributed by atoms with Gasteiger partial charge in [0.1, 0.15) is 0 Å². The number of carbonyl (C=O) groups is 1. The van der Waals surface area contributed by atoms with E-state index in [9.17, 15) is 4.79 Å². The number of likely N-dealkylation sites (tertiary alicyclic amines) is 2. The Labute approximate surface area is 107 Å². The summed E-state index contributed by atoms with van der Waals surface area (Å²) in [7, 11) is 0. The Hall–Kier alpha value is -1.43. The molecule has 0 aliphatic carbocycles. The maximum Gasteiger partial charge on any atom is 0.346 e. The summed E-state index contributed by atoms with van der Waals surface area (Å²) in [4.78, 5) is 16.7. The van der Waals surface area contributed by atoms with Crippen LogP contribution in [-0.2, 0) is 0 Å². The van der Waals surface area contributed by atoms with Gasteiger partial charge in [-0.05, 0) is 26.7 Å². The fourth-order valence-corrected chi connectivity index (χ4v) is 3.03. The molecule has 1 spiro atoms. The van der Waals surface area contributed by atoms with Crippen molar-refractivity contribution in [2.45, 2.75) is 38.3 Å². The smallest absolute Gasteiger partial charge is 0.316 e. The number of amides is 1. The van der Waals surface area contributed by atoms with Crippen molar-refractivity contribution in [1.29, 1.82) is 0 Å². The molecule has 18 heavy (non-hydrogen) atoms. The molecule has 3 rings (SSSR count). The summed E-state index contributed by atoms with van der Waals surface area (Å²) in [6.45, 7) is 7.33. The maximum atomic E-state index is 12.3. The molecule has 1 amide bonds. The topological polar surface area (TPSA) is 54.3 Å². The van der Waals surface area contributed by atoms with Crippen LogP contribution >= 0.6 is 0 Å². The highest BCUT2D eigenvalue weighted by Crippen LogP contribution is 2.39. The Morgan fingerprint density at radius 1 is 1.33 bits per heavy atom. The van der Waals surface area contributed by atoms with Gasteiger partial charge in [0, 0.05) is 25.7 Å². The maximum absolute atomic E-state index is 12.3. The molecule has 0 N–H and O–H groups in total. The minimum Gasteiger partial charge on any atom is -0.316 e. The Morgan fingerprint density at radius 2 is 2.11 bits per heavy atom. The van der Waals surface area contributed by atoms with Crippen LogP contribution < -0.4 is 0 Å². The highest BCUT2D eigenvalue weighted by molar-refractivity contribution is 5.77. The summed E-state index contributed by atoms with van der Waals surface area (Å²) < 4.78 is 1.33. The molecule has 0 radical (unpaired) electrons. The first-order valence-corrected chi connectivity index (χ1v) is 6.55. The van der Waals surface area contributed by atoms with Crippen molar-refractivity contribution in [3.63, 3.8) is 0 Å². The Kier molecular flexibility index (Phi) is 2.62. The minimum atomic E-state index is -0.0376. The van der Waals surface area contributed by atoms with Crippen LogP contribution in [0.5, 0.6) is 0 Å². The fraction of sp³-hybridized carbons (Fsp3) is 0.750. The van der Waals surface area contributed by atoms with Crippen LogP contribution in [0.15, 0.2) is 12.4 Å². The van der Waals surface area contributed by atoms with Crippen molar-refractivity contribution >= 4 is 6.03 Å². The summed E-state index contributed by atoms with van der Waals surface area (Å²) in [5.41, 5.74) is 0.0489. The van der Waals surface area contributed by atoms with Gasteiger partial charge in [0.05, 0.1) is 17.9 Å². The van der Waals surface area contributed by atoms with E-state index in [4.69, 9.17) is 0 Å². The third-order valence-electron chi connectivity index (χ3n) is 4.31. The van der Waals surface area contributed by atoms with Gasteiger partial charge in [0.25, 0.3) is 0 Å². The quantitative estimate of drug-likeness (QED) is 0.739. The van der Waals surface area contributed by atoms with Crippen LogP contribution in [0.1, 0.15) is 26.7 Å². The first-order valence-electron chi connectivity index (χ1n) is 6.55. The number of hydrogen-bond donors (Lipinski definition) is 0. The predicted octanol–water partition coefficient (Wildman–Crippen LogP) is 0.805. The van der Waals surface area contributed by atoms with Crippen LogP contribution in [-0.4, -0.2) is 62.0 Å². The van der Waals surface area contributed by atoms with Gasteiger partial charge in [-0.15, -0.1) is 5.10 Å². The van der Waals surface area contributed by atoms with Crippen LogP contribution in [0.4, 0.5) is 4.79 Å². The summed E-state index contributed by atoms with van der Waals surface area (Å²) in [6.07, 6.45) is 5.34. The highest BCUT2D eigenvalue weighted by atomic mass is 16.2. The van der Waals surface area contributed by atoms with Gasteiger partial charge in [-0.25, -0.2) is 4.79 Å². The van der Waals surface area contributed by atoms with E-state index in [-0.39, 0.29) is 11.6 Å². The van der Waals surface area contributed by atoms with E-state index in [2.05, 4.69) is 29.1 Å². The molecule has 1 atom stereocenters. The minimum absolute atomic E-state index is 0.0376. The van der Waals surface area contributed by atoms with Crippen LogP contribution in [0, 0.1) is 0 Å². The Bertz CT molecular complexity index is 443. The highest BCUT2D eigenvalue weighted by Gasteiger charge is 2.52. The molecule has 0 bridgehead atoms. The second kappa shape index (κ2) is 4.05. The number of hydrogen-bond acceptors (Lipinski definition) is 4. The SMILES string of the molecule is CC(C)N1CCC2(CCN2C(=O)n2ccnn2)C1. The number of carbonyl (C=O) groups excluding carboxylic acids is 1. The molecule has 6 heteroatoms. The third-order valence-corrected chi connectivity index (χ3v) is 4.31. The van der Waals surface area contributed by atoms with Crippen molar-refractivity contribution in [3.8, 4) is 0 Å². The first kappa shape index (κ1) is 11.6. The van der Waals surface area contributed by atoms with Crippen molar-refractivity contribution in [1.82, 2.24) is 24.8 Å². The van der Waals surface area contributed by atoms with Gasteiger partial charge in [-0.1, -0.05) is 5.21 Å². The molecule has 0 aromatic carbocycles. The number of aromatic nitrogens is 3. The molecule has 2 saturated heterocycles. The van der Waals surface area contributed by atoms with Gasteiger partial charge in [0.2, 0.25) is 0 Å². The summed E-state index contributed by atoms with van der Waals surface area (Å²) >= 11 is 0. The van der Waals surface area contributed by atoms with Gasteiger partial charge >= 0.3 is 6.03 Å². The van der Waals surface area contributed by atoms with E-state index in [1.807, 2.05) is 4.90 Å². The monoisotopic (exact) mass is 249 g/mol. The number of rotatable bonds is 1. The molecule has 2 aliphatic heterocycles. The van der Waals surface area contributed by atoms with Crippen LogP contribution in [0.25, 0.3) is 0 Å². The Morgan fingerprint density at radius 3 is 2.61 bits per heavy atom. The lowest BCUT2D eigenvalue weighted by Gasteiger charge is -2.50. The second-order valence-corrected chi connectivity index (χ2v) is 5.57. The second-order valence-electron chi connectivity index (χ2n) is 5.57. The molecule has 6 nitrogen and oxygen atoms in total. The normalized spacial score (nSPS) is 28.1. The van der Waals surface area contributed by atoms with Gasteiger partial charge < -0.3 is 4.90 Å². The first-order chi connectivity index (χ1) is 8.62. The largest absolute Gasteiger partial charge is 0.346 e. The molecule has 1 aromatic rings. The van der Waals surface area contributed by atoms with Crippen LogP contribution in [0.3, 0.4) is 0 Å². The van der Waals surface area contributed by atoms with Gasteiger partial charge in [-0.2, -0.15) is 4.68 Å². The molecular formula is C12H19N5O.